The average Bonchev–Trinajstić information content (AvgIpc) is 2.33. The molecular weight excluding hydrogens is 351 g/mol. The van der Waals surface area contributed by atoms with E-state index >= 15 is 0 Å². The lowest BCUT2D eigenvalue weighted by atomic mass is 10.0. The lowest BCUT2D eigenvalue weighted by Gasteiger charge is -2.28. The summed E-state index contributed by atoms with van der Waals surface area (Å²) in [6.07, 6.45) is 5.01. The van der Waals surface area contributed by atoms with Gasteiger partial charge in [-0.15, -0.1) is 24.0 Å². The number of halogens is 1. The summed E-state index contributed by atoms with van der Waals surface area (Å²) >= 11 is 0. The van der Waals surface area contributed by atoms with Crippen molar-refractivity contribution in [3.63, 3.8) is 0 Å². The number of fused-ring (bicyclic) bond motifs is 1. The quantitative estimate of drug-likeness (QED) is 0.484. The highest BCUT2D eigenvalue weighted by Crippen LogP contribution is 2.25. The topological polar surface area (TPSA) is 67.6 Å². The number of para-hydroxylation sites is 1. The Morgan fingerprint density at radius 3 is 2.74 bits per heavy atom. The van der Waals surface area contributed by atoms with Gasteiger partial charge < -0.3 is 16.4 Å². The summed E-state index contributed by atoms with van der Waals surface area (Å²) in [7, 11) is 0. The van der Waals surface area contributed by atoms with Crippen LogP contribution in [0, 0.1) is 0 Å². The summed E-state index contributed by atoms with van der Waals surface area (Å²) in [5, 5.41) is 0. The SMILES string of the molecule is I.NC(N)=NCCN1CCCCCc2ccccc21. The second kappa shape index (κ2) is 8.24. The van der Waals surface area contributed by atoms with Gasteiger partial charge in [0.2, 0.25) is 0 Å². The van der Waals surface area contributed by atoms with Gasteiger partial charge in [0.05, 0.1) is 6.54 Å². The molecule has 4 nitrogen and oxygen atoms in total. The van der Waals surface area contributed by atoms with E-state index in [1.165, 1.54) is 36.9 Å². The zero-order valence-electron chi connectivity index (χ0n) is 11.2. The van der Waals surface area contributed by atoms with Crippen LogP contribution in [0.5, 0.6) is 0 Å². The predicted octanol–water partition coefficient (Wildman–Crippen LogP) is 2.11. The third kappa shape index (κ3) is 4.89. The summed E-state index contributed by atoms with van der Waals surface area (Å²) in [5.74, 6) is 0.176. The maximum Gasteiger partial charge on any atom is 0.185 e. The minimum Gasteiger partial charge on any atom is -0.370 e. The second-order valence-electron chi connectivity index (χ2n) is 4.73. The Kier molecular flexibility index (Phi) is 6.97. The molecule has 0 aromatic heterocycles. The zero-order chi connectivity index (χ0) is 12.8. The molecule has 0 aliphatic carbocycles. The Labute approximate surface area is 132 Å². The number of nitrogens with two attached hydrogens (primary N) is 2. The Morgan fingerprint density at radius 1 is 1.16 bits per heavy atom. The number of aryl methyl sites for hydroxylation is 1. The molecule has 0 spiro atoms. The zero-order valence-corrected chi connectivity index (χ0v) is 13.5. The molecule has 0 atom stereocenters. The molecule has 0 unspecified atom stereocenters. The average molecular weight is 374 g/mol. The third-order valence-electron chi connectivity index (χ3n) is 3.37. The van der Waals surface area contributed by atoms with Gasteiger partial charge in [0.25, 0.3) is 0 Å². The van der Waals surface area contributed by atoms with Crippen LogP contribution < -0.4 is 16.4 Å². The highest BCUT2D eigenvalue weighted by molar-refractivity contribution is 14.0. The van der Waals surface area contributed by atoms with E-state index in [1.807, 2.05) is 0 Å². The lowest BCUT2D eigenvalue weighted by molar-refractivity contribution is 0.631. The number of benzene rings is 1. The largest absolute Gasteiger partial charge is 0.370 e. The number of anilines is 1. The number of hydrogen-bond acceptors (Lipinski definition) is 2. The van der Waals surface area contributed by atoms with Crippen LogP contribution in [0.2, 0.25) is 0 Å². The van der Waals surface area contributed by atoms with Gasteiger partial charge in [-0.2, -0.15) is 0 Å². The van der Waals surface area contributed by atoms with Crippen LogP contribution in [0.4, 0.5) is 5.69 Å². The molecule has 4 N–H and O–H groups in total. The highest BCUT2D eigenvalue weighted by atomic mass is 127. The van der Waals surface area contributed by atoms with Crippen molar-refractivity contribution in [2.45, 2.75) is 25.7 Å². The van der Waals surface area contributed by atoms with Crippen LogP contribution in [-0.4, -0.2) is 25.6 Å². The van der Waals surface area contributed by atoms with Crippen molar-refractivity contribution < 1.29 is 0 Å². The molecule has 2 rings (SSSR count). The van der Waals surface area contributed by atoms with Crippen LogP contribution in [0.25, 0.3) is 0 Å². The van der Waals surface area contributed by atoms with E-state index in [1.54, 1.807) is 0 Å². The fourth-order valence-corrected chi connectivity index (χ4v) is 2.48. The highest BCUT2D eigenvalue weighted by Gasteiger charge is 2.12. The van der Waals surface area contributed by atoms with E-state index in [0.29, 0.717) is 6.54 Å². The number of rotatable bonds is 3. The smallest absolute Gasteiger partial charge is 0.185 e. The van der Waals surface area contributed by atoms with Gasteiger partial charge >= 0.3 is 0 Å². The number of guanidine groups is 1. The Bertz CT molecular complexity index is 416. The van der Waals surface area contributed by atoms with Crippen molar-refractivity contribution in [3.8, 4) is 0 Å². The number of nitrogens with zero attached hydrogens (tertiary/aromatic N) is 2. The van der Waals surface area contributed by atoms with Crippen LogP contribution >= 0.6 is 24.0 Å². The van der Waals surface area contributed by atoms with Gasteiger partial charge in [-0.05, 0) is 30.9 Å². The maximum absolute atomic E-state index is 5.37. The summed E-state index contributed by atoms with van der Waals surface area (Å²) in [5.41, 5.74) is 13.5. The first-order valence-corrected chi connectivity index (χ1v) is 6.65. The predicted molar refractivity (Wildman–Crippen MR) is 92.3 cm³/mol. The van der Waals surface area contributed by atoms with E-state index in [9.17, 15) is 0 Å². The molecule has 1 aromatic rings. The number of hydrogen-bond donors (Lipinski definition) is 2. The first-order chi connectivity index (χ1) is 8.77. The first-order valence-electron chi connectivity index (χ1n) is 6.65. The molecule has 0 radical (unpaired) electrons. The maximum atomic E-state index is 5.37. The Hall–Kier alpha value is -0.980. The fourth-order valence-electron chi connectivity index (χ4n) is 2.48. The Balaban J connectivity index is 0.00000180. The van der Waals surface area contributed by atoms with Crippen LogP contribution in [0.15, 0.2) is 29.3 Å². The minimum absolute atomic E-state index is 0. The van der Waals surface area contributed by atoms with E-state index in [0.717, 1.165) is 13.1 Å². The first kappa shape index (κ1) is 16.1. The number of aliphatic imine (C=N–C) groups is 1. The van der Waals surface area contributed by atoms with Gasteiger partial charge in [-0.1, -0.05) is 24.6 Å². The molecular formula is C14H23IN4. The molecule has 106 valence electrons. The standard InChI is InChI=1S/C14H22N4.HI/c15-14(16)17-9-11-18-10-5-1-2-6-12-7-3-4-8-13(12)18;/h3-4,7-8H,1-2,5-6,9-11H2,(H4,15,16,17);1H. The molecule has 1 aliphatic rings. The summed E-state index contributed by atoms with van der Waals surface area (Å²) in [6, 6.07) is 8.66. The lowest BCUT2D eigenvalue weighted by Crippen LogP contribution is -2.31. The van der Waals surface area contributed by atoms with E-state index < -0.39 is 0 Å². The Morgan fingerprint density at radius 2 is 1.95 bits per heavy atom. The fraction of sp³-hybridized carbons (Fsp3) is 0.500. The van der Waals surface area contributed by atoms with Gasteiger partial charge in [-0.25, -0.2) is 0 Å². The van der Waals surface area contributed by atoms with Gasteiger partial charge in [0, 0.05) is 18.8 Å². The van der Waals surface area contributed by atoms with Crippen molar-refractivity contribution in [3.05, 3.63) is 29.8 Å². The van der Waals surface area contributed by atoms with E-state index in [4.69, 9.17) is 11.5 Å². The van der Waals surface area contributed by atoms with E-state index in [2.05, 4.69) is 34.2 Å². The van der Waals surface area contributed by atoms with Gasteiger partial charge in [0.15, 0.2) is 5.96 Å². The summed E-state index contributed by atoms with van der Waals surface area (Å²) < 4.78 is 0. The molecule has 19 heavy (non-hydrogen) atoms. The summed E-state index contributed by atoms with van der Waals surface area (Å²) in [6.45, 7) is 2.64. The van der Waals surface area contributed by atoms with Crippen molar-refractivity contribution in [1.82, 2.24) is 0 Å². The van der Waals surface area contributed by atoms with Gasteiger partial charge in [-0.3, -0.25) is 4.99 Å². The molecule has 0 amide bonds. The third-order valence-corrected chi connectivity index (χ3v) is 3.37. The van der Waals surface area contributed by atoms with Crippen LogP contribution in [0.1, 0.15) is 24.8 Å². The molecule has 0 fully saturated rings. The van der Waals surface area contributed by atoms with E-state index in [-0.39, 0.29) is 29.9 Å². The molecule has 0 saturated heterocycles. The van der Waals surface area contributed by atoms with Crippen molar-refractivity contribution in [1.29, 1.82) is 0 Å². The van der Waals surface area contributed by atoms with Crippen LogP contribution in [-0.2, 0) is 6.42 Å². The molecule has 1 aliphatic heterocycles. The minimum atomic E-state index is 0. The monoisotopic (exact) mass is 374 g/mol. The van der Waals surface area contributed by atoms with Crippen molar-refractivity contribution in [2.24, 2.45) is 16.5 Å². The molecule has 1 aromatic carbocycles. The second-order valence-corrected chi connectivity index (χ2v) is 4.73. The van der Waals surface area contributed by atoms with Crippen LogP contribution in [0.3, 0.4) is 0 Å². The van der Waals surface area contributed by atoms with Crippen molar-refractivity contribution in [2.75, 3.05) is 24.5 Å². The van der Waals surface area contributed by atoms with Crippen molar-refractivity contribution >= 4 is 35.6 Å². The van der Waals surface area contributed by atoms with Gasteiger partial charge in [0.1, 0.15) is 0 Å². The molecule has 0 bridgehead atoms. The summed E-state index contributed by atoms with van der Waals surface area (Å²) in [4.78, 5) is 6.48. The molecule has 1 heterocycles. The molecule has 5 heteroatoms. The molecule has 0 saturated carbocycles. The normalized spacial score (nSPS) is 14.6.